The second kappa shape index (κ2) is 8.60. The lowest BCUT2D eigenvalue weighted by Gasteiger charge is -2.19. The molecule has 1 rings (SSSR count). The van der Waals surface area contributed by atoms with E-state index in [1.807, 2.05) is 11.8 Å². The third-order valence-electron chi connectivity index (χ3n) is 2.92. The Bertz CT molecular complexity index is 318. The molecule has 1 N–H and O–H groups in total. The third kappa shape index (κ3) is 6.46. The Balaban J connectivity index is 2.50. The molecule has 1 nitrogen and oxygen atoms in total. The molecule has 0 spiro atoms. The van der Waals surface area contributed by atoms with E-state index >= 15 is 0 Å². The fourth-order valence-electron chi connectivity index (χ4n) is 1.86. The maximum atomic E-state index is 3.67. The minimum atomic E-state index is 0.597. The zero-order valence-corrected chi connectivity index (χ0v) is 13.0. The highest BCUT2D eigenvalue weighted by Crippen LogP contribution is 2.14. The summed E-state index contributed by atoms with van der Waals surface area (Å²) in [5.41, 5.74) is 2.78. The van der Waals surface area contributed by atoms with Gasteiger partial charge in [0.2, 0.25) is 0 Å². The maximum absolute atomic E-state index is 3.67. The predicted octanol–water partition coefficient (Wildman–Crippen LogP) is 4.05. The Morgan fingerprint density at radius 1 is 1.17 bits per heavy atom. The standard InChI is InChI=1S/C16H27NS/c1-5-10-17-16(12-18-13(2)3)11-15-8-6-14(4)7-9-15/h6-9,13,16-17H,5,10-12H2,1-4H3. The fraction of sp³-hybridized carbons (Fsp3) is 0.625. The Morgan fingerprint density at radius 3 is 2.39 bits per heavy atom. The SMILES string of the molecule is CCCNC(CSC(C)C)Cc1ccc(C)cc1. The predicted molar refractivity (Wildman–Crippen MR) is 84.6 cm³/mol. The van der Waals surface area contributed by atoms with E-state index in [9.17, 15) is 0 Å². The summed E-state index contributed by atoms with van der Waals surface area (Å²) in [6.45, 7) is 10.0. The Morgan fingerprint density at radius 2 is 1.83 bits per heavy atom. The summed E-state index contributed by atoms with van der Waals surface area (Å²) in [5.74, 6) is 1.20. The van der Waals surface area contributed by atoms with Crippen LogP contribution in [0, 0.1) is 6.92 Å². The van der Waals surface area contributed by atoms with Crippen molar-refractivity contribution in [3.63, 3.8) is 0 Å². The van der Waals surface area contributed by atoms with E-state index in [1.54, 1.807) is 0 Å². The molecule has 2 heteroatoms. The molecule has 18 heavy (non-hydrogen) atoms. The Labute approximate surface area is 117 Å². The van der Waals surface area contributed by atoms with Gasteiger partial charge in [0.15, 0.2) is 0 Å². The van der Waals surface area contributed by atoms with Gasteiger partial charge in [-0.3, -0.25) is 0 Å². The lowest BCUT2D eigenvalue weighted by atomic mass is 10.1. The molecule has 1 aromatic carbocycles. The molecule has 0 bridgehead atoms. The van der Waals surface area contributed by atoms with Crippen molar-refractivity contribution < 1.29 is 0 Å². The lowest BCUT2D eigenvalue weighted by molar-refractivity contribution is 0.550. The molecule has 0 radical (unpaired) electrons. The van der Waals surface area contributed by atoms with Crippen LogP contribution in [0.3, 0.4) is 0 Å². The molecule has 0 aromatic heterocycles. The fourth-order valence-corrected chi connectivity index (χ4v) is 2.71. The van der Waals surface area contributed by atoms with Crippen LogP contribution in [0.1, 0.15) is 38.3 Å². The first kappa shape index (κ1) is 15.6. The van der Waals surface area contributed by atoms with Gasteiger partial charge in [0.25, 0.3) is 0 Å². The molecule has 0 saturated carbocycles. The van der Waals surface area contributed by atoms with Gasteiger partial charge in [-0.2, -0.15) is 11.8 Å². The second-order valence-electron chi connectivity index (χ2n) is 5.22. The number of thioether (sulfide) groups is 1. The van der Waals surface area contributed by atoms with Crippen molar-refractivity contribution in [1.29, 1.82) is 0 Å². The molecule has 0 heterocycles. The van der Waals surface area contributed by atoms with E-state index in [0.717, 1.165) is 13.0 Å². The number of nitrogens with one attached hydrogen (secondary N) is 1. The molecule has 102 valence electrons. The monoisotopic (exact) mass is 265 g/mol. The summed E-state index contributed by atoms with van der Waals surface area (Å²) in [7, 11) is 0. The first-order valence-electron chi connectivity index (χ1n) is 7.02. The minimum Gasteiger partial charge on any atom is -0.313 e. The van der Waals surface area contributed by atoms with Crippen molar-refractivity contribution in [1.82, 2.24) is 5.32 Å². The van der Waals surface area contributed by atoms with Crippen molar-refractivity contribution in [2.75, 3.05) is 12.3 Å². The van der Waals surface area contributed by atoms with Gasteiger partial charge in [0.1, 0.15) is 0 Å². The van der Waals surface area contributed by atoms with E-state index in [-0.39, 0.29) is 0 Å². The minimum absolute atomic E-state index is 0.597. The molecule has 1 unspecified atom stereocenters. The van der Waals surface area contributed by atoms with E-state index in [2.05, 4.69) is 57.3 Å². The Hall–Kier alpha value is -0.470. The molecule has 0 fully saturated rings. The number of hydrogen-bond donors (Lipinski definition) is 1. The molecule has 0 aliphatic heterocycles. The highest BCUT2D eigenvalue weighted by Gasteiger charge is 2.10. The summed E-state index contributed by atoms with van der Waals surface area (Å²) in [5, 5.41) is 4.38. The van der Waals surface area contributed by atoms with Crippen LogP contribution >= 0.6 is 11.8 Å². The first-order valence-corrected chi connectivity index (χ1v) is 8.07. The van der Waals surface area contributed by atoms with Crippen molar-refractivity contribution in [2.24, 2.45) is 0 Å². The zero-order valence-electron chi connectivity index (χ0n) is 12.2. The molecular weight excluding hydrogens is 238 g/mol. The van der Waals surface area contributed by atoms with Crippen LogP contribution in [-0.2, 0) is 6.42 Å². The van der Waals surface area contributed by atoms with Gasteiger partial charge in [-0.25, -0.2) is 0 Å². The average Bonchev–Trinajstić information content (AvgIpc) is 2.35. The molecule has 1 aromatic rings. The first-order chi connectivity index (χ1) is 8.61. The Kier molecular flexibility index (Phi) is 7.45. The molecule has 0 aliphatic carbocycles. The quantitative estimate of drug-likeness (QED) is 0.761. The van der Waals surface area contributed by atoms with Gasteiger partial charge in [-0.05, 0) is 37.1 Å². The summed E-state index contributed by atoms with van der Waals surface area (Å²) in [4.78, 5) is 0. The lowest BCUT2D eigenvalue weighted by Crippen LogP contribution is -2.34. The van der Waals surface area contributed by atoms with Gasteiger partial charge >= 0.3 is 0 Å². The van der Waals surface area contributed by atoms with Gasteiger partial charge in [-0.15, -0.1) is 0 Å². The van der Waals surface area contributed by atoms with E-state index in [4.69, 9.17) is 0 Å². The molecular formula is C16H27NS. The molecule has 0 amide bonds. The summed E-state index contributed by atoms with van der Waals surface area (Å²) in [6, 6.07) is 9.54. The van der Waals surface area contributed by atoms with Crippen LogP contribution in [0.15, 0.2) is 24.3 Å². The van der Waals surface area contributed by atoms with Crippen LogP contribution in [0.2, 0.25) is 0 Å². The smallest absolute Gasteiger partial charge is 0.0198 e. The molecule has 1 atom stereocenters. The van der Waals surface area contributed by atoms with Crippen molar-refractivity contribution >= 4 is 11.8 Å². The van der Waals surface area contributed by atoms with Crippen LogP contribution in [0.25, 0.3) is 0 Å². The largest absolute Gasteiger partial charge is 0.313 e. The molecule has 0 saturated heterocycles. The van der Waals surface area contributed by atoms with Gasteiger partial charge < -0.3 is 5.32 Å². The number of benzene rings is 1. The van der Waals surface area contributed by atoms with Crippen LogP contribution in [-0.4, -0.2) is 23.6 Å². The topological polar surface area (TPSA) is 12.0 Å². The summed E-state index contributed by atoms with van der Waals surface area (Å²) >= 11 is 2.05. The molecule has 0 aliphatic rings. The van der Waals surface area contributed by atoms with Crippen molar-refractivity contribution in [3.05, 3.63) is 35.4 Å². The van der Waals surface area contributed by atoms with Crippen LogP contribution in [0.5, 0.6) is 0 Å². The zero-order chi connectivity index (χ0) is 13.4. The normalized spacial score (nSPS) is 12.9. The average molecular weight is 265 g/mol. The highest BCUT2D eigenvalue weighted by atomic mass is 32.2. The van der Waals surface area contributed by atoms with Gasteiger partial charge in [-0.1, -0.05) is 50.6 Å². The van der Waals surface area contributed by atoms with E-state index < -0.39 is 0 Å². The highest BCUT2D eigenvalue weighted by molar-refractivity contribution is 7.99. The van der Waals surface area contributed by atoms with Crippen molar-refractivity contribution in [2.45, 2.75) is 51.8 Å². The van der Waals surface area contributed by atoms with E-state index in [1.165, 1.54) is 23.3 Å². The number of rotatable bonds is 8. The second-order valence-corrected chi connectivity index (χ2v) is 6.83. The number of hydrogen-bond acceptors (Lipinski definition) is 2. The van der Waals surface area contributed by atoms with Crippen LogP contribution in [0.4, 0.5) is 0 Å². The number of aryl methyl sites for hydroxylation is 1. The summed E-state index contributed by atoms with van der Waals surface area (Å²) in [6.07, 6.45) is 2.34. The van der Waals surface area contributed by atoms with Crippen LogP contribution < -0.4 is 5.32 Å². The van der Waals surface area contributed by atoms with Gasteiger partial charge in [0.05, 0.1) is 0 Å². The maximum Gasteiger partial charge on any atom is 0.0198 e. The van der Waals surface area contributed by atoms with Gasteiger partial charge in [0, 0.05) is 11.8 Å². The third-order valence-corrected chi connectivity index (χ3v) is 4.18. The van der Waals surface area contributed by atoms with Crippen molar-refractivity contribution in [3.8, 4) is 0 Å². The summed E-state index contributed by atoms with van der Waals surface area (Å²) < 4.78 is 0. The van der Waals surface area contributed by atoms with E-state index in [0.29, 0.717) is 11.3 Å².